The van der Waals surface area contributed by atoms with Crippen molar-refractivity contribution in [3.8, 4) is 20.5 Å². The summed E-state index contributed by atoms with van der Waals surface area (Å²) >= 11 is 6.27. The van der Waals surface area contributed by atoms with Crippen molar-refractivity contribution in [1.82, 2.24) is 20.2 Å². The van der Waals surface area contributed by atoms with Crippen molar-refractivity contribution in [3.63, 3.8) is 0 Å². The van der Waals surface area contributed by atoms with E-state index in [0.717, 1.165) is 35.3 Å². The fourth-order valence-electron chi connectivity index (χ4n) is 8.46. The molecule has 6 aromatic rings. The number of likely N-dealkylation sites (N-methyl/N-ethyl adjacent to an activating group) is 1. The van der Waals surface area contributed by atoms with Crippen LogP contribution in [-0.4, -0.2) is 45.5 Å². The first-order valence-corrected chi connectivity index (χ1v) is 24.5. The Morgan fingerprint density at radius 1 is 0.569 bits per heavy atom. The number of amides is 4. The lowest BCUT2D eigenvalue weighted by Crippen LogP contribution is -2.83. The van der Waals surface area contributed by atoms with E-state index in [1.807, 2.05) is 51.1 Å². The van der Waals surface area contributed by atoms with Crippen molar-refractivity contribution in [3.05, 3.63) is 125 Å². The van der Waals surface area contributed by atoms with Gasteiger partial charge in [-0.1, -0.05) is 69.2 Å². The predicted molar refractivity (Wildman–Crippen MR) is 254 cm³/mol. The Morgan fingerprint density at radius 2 is 1.22 bits per heavy atom. The number of furan rings is 2. The highest BCUT2D eigenvalue weighted by Crippen LogP contribution is 2.50. The smallest absolute Gasteiger partial charge is 0.351 e. The molecule has 65 heavy (non-hydrogen) atoms. The third kappa shape index (κ3) is 6.78. The summed E-state index contributed by atoms with van der Waals surface area (Å²) < 4.78 is 12.6. The van der Waals surface area contributed by atoms with Crippen LogP contribution < -0.4 is 16.0 Å². The van der Waals surface area contributed by atoms with Gasteiger partial charge in [-0.15, -0.1) is 45.3 Å². The average molecular weight is 945 g/mol. The van der Waals surface area contributed by atoms with Crippen LogP contribution in [0.15, 0.2) is 92.1 Å². The highest BCUT2D eigenvalue weighted by molar-refractivity contribution is 7.22. The maximum Gasteiger partial charge on any atom is 0.351 e. The second kappa shape index (κ2) is 14.7. The van der Waals surface area contributed by atoms with E-state index in [1.165, 1.54) is 37.8 Å². The predicted octanol–water partition coefficient (Wildman–Crippen LogP) is 8.15. The van der Waals surface area contributed by atoms with Crippen LogP contribution in [0.2, 0.25) is 0 Å². The highest BCUT2D eigenvalue weighted by atomic mass is 32.1. The third-order valence-corrected chi connectivity index (χ3v) is 18.5. The van der Waals surface area contributed by atoms with Gasteiger partial charge in [0.1, 0.15) is 49.4 Å². The Labute approximate surface area is 391 Å². The third-order valence-electron chi connectivity index (χ3n) is 13.0. The molecule has 4 aliphatic heterocycles. The van der Waals surface area contributed by atoms with Gasteiger partial charge in [0.05, 0.1) is 31.5 Å². The molecule has 10 heterocycles. The molecule has 0 aromatic carbocycles. The molecular formula is C49H48N6O6S4+2. The van der Waals surface area contributed by atoms with Gasteiger partial charge in [0.2, 0.25) is 0 Å². The van der Waals surface area contributed by atoms with Crippen LogP contribution in [0.5, 0.6) is 0 Å². The number of primary amides is 2. The van der Waals surface area contributed by atoms with Crippen molar-refractivity contribution in [1.29, 1.82) is 0 Å². The Hall–Kier alpha value is -5.62. The number of nitrogens with two attached hydrogens (primary N) is 2. The number of nitrogens with zero attached hydrogens (tertiary/aromatic N) is 3. The lowest BCUT2D eigenvalue weighted by Gasteiger charge is -2.39. The minimum absolute atomic E-state index is 0.0301. The first kappa shape index (κ1) is 43.3. The lowest BCUT2D eigenvalue weighted by molar-refractivity contribution is -0.467. The number of hydrogen-bond donors (Lipinski definition) is 3. The van der Waals surface area contributed by atoms with Crippen LogP contribution in [0.3, 0.4) is 0 Å². The van der Waals surface area contributed by atoms with Gasteiger partial charge >= 0.3 is 11.8 Å². The molecule has 4 aliphatic rings. The van der Waals surface area contributed by atoms with E-state index < -0.39 is 10.8 Å². The number of aromatic nitrogens is 2. The zero-order chi connectivity index (χ0) is 46.3. The second-order valence-electron chi connectivity index (χ2n) is 19.9. The van der Waals surface area contributed by atoms with E-state index in [9.17, 15) is 19.2 Å². The van der Waals surface area contributed by atoms with Crippen molar-refractivity contribution >= 4 is 91.8 Å². The topological polar surface area (TPSA) is 169 Å². The zero-order valence-electron chi connectivity index (χ0n) is 37.9. The Kier molecular flexibility index (Phi) is 9.78. The molecule has 10 rings (SSSR count). The fraction of sp³-hybridized carbons (Fsp3) is 0.306. The molecule has 0 spiro atoms. The summed E-state index contributed by atoms with van der Waals surface area (Å²) in [4.78, 5) is 71.4. The molecule has 332 valence electrons. The number of thiazole rings is 2. The number of carbonyl (C=O) groups is 4. The van der Waals surface area contributed by atoms with Crippen LogP contribution in [0, 0.1) is 0 Å². The minimum Gasteiger partial charge on any atom is -0.459 e. The molecule has 0 unspecified atom stereocenters. The molecule has 5 N–H and O–H groups in total. The van der Waals surface area contributed by atoms with E-state index in [1.54, 1.807) is 47.4 Å². The van der Waals surface area contributed by atoms with Gasteiger partial charge < -0.3 is 19.1 Å². The van der Waals surface area contributed by atoms with Crippen molar-refractivity contribution in [2.45, 2.75) is 90.9 Å². The molecular weight excluding hydrogens is 897 g/mol. The van der Waals surface area contributed by atoms with Gasteiger partial charge in [0, 0.05) is 39.2 Å². The summed E-state index contributed by atoms with van der Waals surface area (Å²) in [5.41, 5.74) is 2.25. The van der Waals surface area contributed by atoms with E-state index in [0.29, 0.717) is 67.2 Å². The minimum atomic E-state index is -0.494. The first-order chi connectivity index (χ1) is 30.5. The van der Waals surface area contributed by atoms with E-state index in [2.05, 4.69) is 77.0 Å². The number of thiophene rings is 2. The largest absolute Gasteiger partial charge is 0.459 e. The molecule has 0 bridgehead atoms. The summed E-state index contributed by atoms with van der Waals surface area (Å²) in [7, 11) is 1.66. The molecule has 0 saturated heterocycles. The summed E-state index contributed by atoms with van der Waals surface area (Å²) in [5.74, 6) is 1.21. The van der Waals surface area contributed by atoms with Gasteiger partial charge in [-0.25, -0.2) is 30.2 Å². The van der Waals surface area contributed by atoms with E-state index in [4.69, 9.17) is 13.8 Å². The van der Waals surface area contributed by atoms with E-state index >= 15 is 0 Å². The lowest BCUT2D eigenvalue weighted by atomic mass is 9.67. The highest BCUT2D eigenvalue weighted by Gasteiger charge is 2.51. The number of rotatable bonds is 9. The molecule has 12 nitrogen and oxygen atoms in total. The number of fused-ring (bicyclic) bond motifs is 2. The van der Waals surface area contributed by atoms with Crippen molar-refractivity contribution in [2.24, 2.45) is 0 Å². The standard InChI is InChI=1S/C49H46N6O6S4/c1-46(2,3)29-17-14-24(61-29)39-35-34(44(59)55(39)11)36(52-42(35)58)23-13-12-22(60-23)25-15-19-31(62-25)48(7,8)49(9,10)45-51-21-28(65-45)38-33-32(40(56)54-38)37(53-41(33)57)27-20-50-43(64-27)26-16-18-30(63-26)47(4,5)6/h12-21H,1-11H3,(H,52,58)(H,53,57)(H,54,56)/p+2. The summed E-state index contributed by atoms with van der Waals surface area (Å²) in [6, 6.07) is 15.7. The van der Waals surface area contributed by atoms with Gasteiger partial charge in [-0.3, -0.25) is 9.59 Å². The first-order valence-electron chi connectivity index (χ1n) is 21.2. The second-order valence-corrected chi connectivity index (χ2v) is 24.1. The molecule has 6 aromatic heterocycles. The van der Waals surface area contributed by atoms with Crippen molar-refractivity contribution < 1.29 is 38.6 Å². The Morgan fingerprint density at radius 3 is 1.92 bits per heavy atom. The maximum atomic E-state index is 13.7. The number of hydrogen-bond acceptors (Lipinski definition) is 12. The SMILES string of the molecule is CN1C(=O)C2=C(c3ccc(-c4ccc(C(C)(C)C(C)(C)c5ncc(C6=C7C(=O)[NH2+]C(c8cnc(-c9ccc(C(C)(C)C)s9)s8)=C7C(=O)N6)s5)s4)o3)[NH2+]C(=O)C2=C1c1ccc(C(C)(C)C)o1. The summed E-state index contributed by atoms with van der Waals surface area (Å²) in [6.45, 7) is 21.4. The molecule has 0 saturated carbocycles. The van der Waals surface area contributed by atoms with Crippen LogP contribution >= 0.6 is 45.3 Å². The Balaban J connectivity index is 0.904. The number of quaternary nitrogens is 2. The van der Waals surface area contributed by atoms with Crippen molar-refractivity contribution in [2.75, 3.05) is 7.05 Å². The van der Waals surface area contributed by atoms with Gasteiger partial charge in [0.15, 0.2) is 22.9 Å². The summed E-state index contributed by atoms with van der Waals surface area (Å²) in [6.07, 6.45) is 3.51. The fourth-order valence-corrected chi connectivity index (χ4v) is 12.9. The molecule has 0 atom stereocenters. The number of nitrogens with one attached hydrogen (secondary N) is 1. The van der Waals surface area contributed by atoms with Crippen LogP contribution in [0.1, 0.15) is 111 Å². The van der Waals surface area contributed by atoms with Gasteiger partial charge in [-0.2, -0.15) is 0 Å². The molecule has 0 fully saturated rings. The van der Waals surface area contributed by atoms with Crippen LogP contribution in [-0.2, 0) is 40.8 Å². The molecule has 0 radical (unpaired) electrons. The zero-order valence-corrected chi connectivity index (χ0v) is 41.1. The van der Waals surface area contributed by atoms with Gasteiger partial charge in [-0.05, 0) is 53.9 Å². The molecule has 0 aliphatic carbocycles. The van der Waals surface area contributed by atoms with Crippen LogP contribution in [0.25, 0.3) is 43.3 Å². The maximum absolute atomic E-state index is 13.7. The van der Waals surface area contributed by atoms with Gasteiger partial charge in [0.25, 0.3) is 11.8 Å². The monoisotopic (exact) mass is 944 g/mol. The quantitative estimate of drug-likeness (QED) is 0.131. The number of carbonyl (C=O) groups excluding carboxylic acids is 4. The summed E-state index contributed by atoms with van der Waals surface area (Å²) in [5, 5.41) is 7.77. The van der Waals surface area contributed by atoms with E-state index in [-0.39, 0.29) is 34.5 Å². The Bertz CT molecular complexity index is 3210. The average Bonchev–Trinajstić information content (AvgIpc) is 4.08. The normalized spacial score (nSPS) is 17.3. The van der Waals surface area contributed by atoms with Crippen LogP contribution in [0.4, 0.5) is 0 Å². The molecule has 4 amide bonds. The molecule has 16 heteroatoms.